The Hall–Kier alpha value is -7.18. The van der Waals surface area contributed by atoms with Gasteiger partial charge in [0, 0.05) is 43.9 Å². The number of aromatic nitrogens is 6. The molecule has 4 heterocycles. The quantitative estimate of drug-likeness (QED) is 0.176. The molecule has 0 aliphatic carbocycles. The smallest absolute Gasteiger partial charge is 0.164 e. The Kier molecular flexibility index (Phi) is 6.15. The van der Waals surface area contributed by atoms with Gasteiger partial charge in [-0.3, -0.25) is 4.40 Å². The number of fused-ring (bicyclic) bond motifs is 12. The fourth-order valence-electron chi connectivity index (χ4n) is 7.81. The molecule has 242 valence electrons. The molecule has 0 spiro atoms. The number of rotatable bonds is 4. The summed E-state index contributed by atoms with van der Waals surface area (Å²) < 4.78 is 4.74. The van der Waals surface area contributed by atoms with Crippen LogP contribution in [0, 0.1) is 0 Å². The Balaban J connectivity index is 1.17. The van der Waals surface area contributed by atoms with Gasteiger partial charge in [0.2, 0.25) is 0 Å². The van der Waals surface area contributed by atoms with Crippen LogP contribution in [0.3, 0.4) is 0 Å². The minimum absolute atomic E-state index is 0.632. The van der Waals surface area contributed by atoms with Crippen molar-refractivity contribution < 1.29 is 0 Å². The van der Waals surface area contributed by atoms with E-state index in [4.69, 9.17) is 19.9 Å². The first kappa shape index (κ1) is 28.6. The second-order valence-corrected chi connectivity index (χ2v) is 13.1. The topological polar surface area (TPSA) is 60.9 Å². The molecule has 0 radical (unpaired) electrons. The predicted octanol–water partition coefficient (Wildman–Crippen LogP) is 11.1. The van der Waals surface area contributed by atoms with Crippen molar-refractivity contribution in [1.29, 1.82) is 0 Å². The van der Waals surface area contributed by atoms with Gasteiger partial charge in [-0.1, -0.05) is 121 Å². The predicted molar refractivity (Wildman–Crippen MR) is 212 cm³/mol. The number of nitrogens with zero attached hydrogens (tertiary/aromatic N) is 6. The molecule has 0 N–H and O–H groups in total. The van der Waals surface area contributed by atoms with Crippen LogP contribution in [0.15, 0.2) is 170 Å². The monoisotopic (exact) mass is 664 g/mol. The van der Waals surface area contributed by atoms with Crippen molar-refractivity contribution in [2.75, 3.05) is 0 Å². The van der Waals surface area contributed by atoms with E-state index >= 15 is 0 Å². The summed E-state index contributed by atoms with van der Waals surface area (Å²) in [5.41, 5.74) is 10.4. The first-order chi connectivity index (χ1) is 25.8. The molecule has 11 aromatic rings. The molecule has 0 atom stereocenters. The van der Waals surface area contributed by atoms with E-state index in [2.05, 4.69) is 118 Å². The van der Waals surface area contributed by atoms with Gasteiger partial charge >= 0.3 is 0 Å². The first-order valence-electron chi connectivity index (χ1n) is 17.4. The van der Waals surface area contributed by atoms with E-state index in [1.807, 2.05) is 60.7 Å². The summed E-state index contributed by atoms with van der Waals surface area (Å²) in [6, 6.07) is 59.1. The van der Waals surface area contributed by atoms with E-state index in [0.29, 0.717) is 17.5 Å². The first-order valence-corrected chi connectivity index (χ1v) is 17.4. The lowest BCUT2D eigenvalue weighted by atomic mass is 10.0. The molecule has 11 rings (SSSR count). The van der Waals surface area contributed by atoms with Crippen LogP contribution >= 0.6 is 0 Å². The summed E-state index contributed by atoms with van der Waals surface area (Å²) in [4.78, 5) is 20.0. The normalized spacial score (nSPS) is 11.8. The molecule has 0 fully saturated rings. The lowest BCUT2D eigenvalue weighted by molar-refractivity contribution is 1.07. The minimum Gasteiger partial charge on any atom is -0.309 e. The van der Waals surface area contributed by atoms with Crippen molar-refractivity contribution in [3.63, 3.8) is 0 Å². The number of imidazole rings is 1. The summed E-state index contributed by atoms with van der Waals surface area (Å²) >= 11 is 0. The van der Waals surface area contributed by atoms with Crippen LogP contribution in [-0.2, 0) is 0 Å². The number of benzene rings is 7. The van der Waals surface area contributed by atoms with Gasteiger partial charge in [0.25, 0.3) is 0 Å². The van der Waals surface area contributed by atoms with E-state index in [-0.39, 0.29) is 0 Å². The largest absolute Gasteiger partial charge is 0.309 e. The van der Waals surface area contributed by atoms with Crippen LogP contribution < -0.4 is 0 Å². The molecule has 6 nitrogen and oxygen atoms in total. The molecular formula is C46H28N6. The second-order valence-electron chi connectivity index (χ2n) is 13.1. The molecule has 0 aliphatic rings. The van der Waals surface area contributed by atoms with Gasteiger partial charge in [-0.05, 0) is 53.9 Å². The van der Waals surface area contributed by atoms with E-state index in [1.54, 1.807) is 0 Å². The fraction of sp³-hybridized carbons (Fsp3) is 0. The minimum atomic E-state index is 0.632. The maximum atomic E-state index is 5.13. The Labute approximate surface area is 297 Å². The summed E-state index contributed by atoms with van der Waals surface area (Å²) in [6.07, 6.45) is 0. The van der Waals surface area contributed by atoms with Crippen LogP contribution in [0.5, 0.6) is 0 Å². The summed E-state index contributed by atoms with van der Waals surface area (Å²) in [7, 11) is 0. The van der Waals surface area contributed by atoms with Crippen LogP contribution in [0.25, 0.3) is 100 Å². The van der Waals surface area contributed by atoms with Crippen LogP contribution in [0.4, 0.5) is 0 Å². The van der Waals surface area contributed by atoms with E-state index in [0.717, 1.165) is 55.5 Å². The van der Waals surface area contributed by atoms with Crippen molar-refractivity contribution in [2.24, 2.45) is 0 Å². The molecule has 0 unspecified atom stereocenters. The molecule has 0 saturated carbocycles. The molecule has 6 heteroatoms. The average molecular weight is 665 g/mol. The standard InChI is InChI=1S/C46H28N6/c1-3-13-29(14-4-1)43-48-44(30-15-5-2-6-16-30)50-45(49-43)31-23-25-32(26-24-31)51-38-21-11-9-17-33(38)35-27-28-40-41(42(35)51)34-18-7-8-19-36(34)46-47-37-20-10-12-22-39(37)52(40)46/h1-28H. The van der Waals surface area contributed by atoms with Gasteiger partial charge in [0.05, 0.1) is 27.6 Å². The van der Waals surface area contributed by atoms with Gasteiger partial charge in [0.15, 0.2) is 17.5 Å². The maximum absolute atomic E-state index is 5.13. The average Bonchev–Trinajstić information content (AvgIpc) is 3.78. The van der Waals surface area contributed by atoms with Gasteiger partial charge in [-0.15, -0.1) is 0 Å². The van der Waals surface area contributed by atoms with Crippen molar-refractivity contribution in [3.05, 3.63) is 170 Å². The van der Waals surface area contributed by atoms with Crippen molar-refractivity contribution in [2.45, 2.75) is 0 Å². The van der Waals surface area contributed by atoms with Gasteiger partial charge in [-0.2, -0.15) is 0 Å². The van der Waals surface area contributed by atoms with Crippen molar-refractivity contribution in [3.8, 4) is 39.9 Å². The summed E-state index contributed by atoms with van der Waals surface area (Å²) in [5.74, 6) is 1.92. The third kappa shape index (κ3) is 4.25. The third-order valence-corrected chi connectivity index (χ3v) is 10.1. The Morgan fingerprint density at radius 1 is 0.346 bits per heavy atom. The molecular weight excluding hydrogens is 637 g/mol. The highest BCUT2D eigenvalue weighted by Gasteiger charge is 2.21. The molecule has 7 aromatic carbocycles. The van der Waals surface area contributed by atoms with Crippen LogP contribution in [0.2, 0.25) is 0 Å². The Morgan fingerprint density at radius 2 is 0.885 bits per heavy atom. The zero-order valence-electron chi connectivity index (χ0n) is 27.8. The zero-order valence-corrected chi connectivity index (χ0v) is 27.8. The molecule has 0 aliphatic heterocycles. The van der Waals surface area contributed by atoms with Gasteiger partial charge < -0.3 is 4.57 Å². The molecule has 0 saturated heterocycles. The highest BCUT2D eigenvalue weighted by Crippen LogP contribution is 2.41. The molecule has 0 amide bonds. The molecule has 52 heavy (non-hydrogen) atoms. The number of hydrogen-bond acceptors (Lipinski definition) is 4. The summed E-state index contributed by atoms with van der Waals surface area (Å²) in [5, 5.41) is 5.92. The van der Waals surface area contributed by atoms with Crippen molar-refractivity contribution >= 4 is 60.2 Å². The molecule has 0 bridgehead atoms. The number of hydrogen-bond donors (Lipinski definition) is 0. The third-order valence-electron chi connectivity index (χ3n) is 10.1. The number of para-hydroxylation sites is 3. The van der Waals surface area contributed by atoms with E-state index in [9.17, 15) is 0 Å². The lowest BCUT2D eigenvalue weighted by Gasteiger charge is -2.14. The Bertz CT molecular complexity index is 3100. The lowest BCUT2D eigenvalue weighted by Crippen LogP contribution is -2.00. The van der Waals surface area contributed by atoms with E-state index in [1.165, 1.54) is 27.1 Å². The van der Waals surface area contributed by atoms with E-state index < -0.39 is 0 Å². The Morgan fingerprint density at radius 3 is 1.56 bits per heavy atom. The number of pyridine rings is 1. The highest BCUT2D eigenvalue weighted by atomic mass is 15.0. The SMILES string of the molecule is c1ccc(-c2nc(-c3ccccc3)nc(-c3ccc(-n4c5ccccc5c5ccc6c(c7ccccc7c7nc8ccccc8n67)c54)cc3)n2)cc1. The van der Waals surface area contributed by atoms with Gasteiger partial charge in [-0.25, -0.2) is 19.9 Å². The maximum Gasteiger partial charge on any atom is 0.164 e. The molecule has 4 aromatic heterocycles. The highest BCUT2D eigenvalue weighted by molar-refractivity contribution is 6.27. The van der Waals surface area contributed by atoms with Crippen molar-refractivity contribution in [1.82, 2.24) is 28.9 Å². The van der Waals surface area contributed by atoms with Crippen LogP contribution in [0.1, 0.15) is 0 Å². The van der Waals surface area contributed by atoms with Crippen LogP contribution in [-0.4, -0.2) is 28.9 Å². The summed E-state index contributed by atoms with van der Waals surface area (Å²) in [6.45, 7) is 0. The zero-order chi connectivity index (χ0) is 34.2. The fourth-order valence-corrected chi connectivity index (χ4v) is 7.81. The van der Waals surface area contributed by atoms with Gasteiger partial charge in [0.1, 0.15) is 5.65 Å². The second kappa shape index (κ2) is 11.2.